The summed E-state index contributed by atoms with van der Waals surface area (Å²) in [6.45, 7) is 23.9. The number of aryl methyl sites for hydroxylation is 2. The minimum Gasteiger partial charge on any atom is -0.399 e. The van der Waals surface area contributed by atoms with E-state index in [1.165, 1.54) is 50.1 Å². The average molecular weight is 1170 g/mol. The van der Waals surface area contributed by atoms with Gasteiger partial charge in [0.15, 0.2) is 0 Å². The molecule has 0 amide bonds. The Balaban J connectivity index is 0.000000185. The number of aromatic nitrogens is 1. The summed E-state index contributed by atoms with van der Waals surface area (Å²) in [6, 6.07) is 97.8. The van der Waals surface area contributed by atoms with Gasteiger partial charge in [-0.1, -0.05) is 286 Å². The third kappa shape index (κ3) is 19.8. The summed E-state index contributed by atoms with van der Waals surface area (Å²) in [5.74, 6) is 0. The van der Waals surface area contributed by atoms with Crippen LogP contribution >= 0.6 is 0 Å². The highest BCUT2D eigenvalue weighted by atomic mass is 14.9. The number of hydrogen-bond donors (Lipinski definition) is 4. The molecule has 5 nitrogen and oxygen atoms in total. The first-order valence-electron chi connectivity index (χ1n) is 30.0. The van der Waals surface area contributed by atoms with Gasteiger partial charge in [-0.25, -0.2) is 0 Å². The lowest BCUT2D eigenvalue weighted by Gasteiger charge is -2.30. The molecule has 90 heavy (non-hydrogen) atoms. The first-order valence-corrected chi connectivity index (χ1v) is 30.0. The Hall–Kier alpha value is -11.4. The monoisotopic (exact) mass is 1170 g/mol. The SMILES string of the molecule is C=C.C=C(N)/C=C\C(=C/C(C)(c1ccccc1)c1cc(C)cc(-c2ccccc2)c1)c1ccccc1.C=C/C=C(\Nc1cc(C)cc(-c2ccc(C(=N)C=C)cc2)c1)c1ccccn1.Nc1ccc(-c2ccccc2)cc1Cc1ccccc1.c1ccccc1. The van der Waals surface area contributed by atoms with E-state index in [1.807, 2.05) is 115 Å². The van der Waals surface area contributed by atoms with Crippen molar-refractivity contribution in [1.29, 1.82) is 5.41 Å². The van der Waals surface area contributed by atoms with Gasteiger partial charge in [-0.05, 0) is 166 Å². The number of rotatable bonds is 17. The minimum atomic E-state index is -0.373. The fraction of sp³-hybridized carbons (Fsp3) is 0.0588. The van der Waals surface area contributed by atoms with Crippen molar-refractivity contribution in [2.75, 3.05) is 11.1 Å². The first-order chi connectivity index (χ1) is 43.9. The highest BCUT2D eigenvalue weighted by molar-refractivity contribution is 6.06. The van der Waals surface area contributed by atoms with Crippen LogP contribution in [-0.2, 0) is 11.8 Å². The fourth-order valence-corrected chi connectivity index (χ4v) is 10.1. The highest BCUT2D eigenvalue weighted by Gasteiger charge is 2.28. The molecule has 10 aromatic carbocycles. The van der Waals surface area contributed by atoms with Crippen LogP contribution in [0.5, 0.6) is 0 Å². The zero-order valence-corrected chi connectivity index (χ0v) is 52.0. The number of nitrogen functional groups attached to an aromatic ring is 1. The molecule has 446 valence electrons. The van der Waals surface area contributed by atoms with Crippen LogP contribution in [0.25, 0.3) is 44.7 Å². The zero-order chi connectivity index (χ0) is 63.9. The van der Waals surface area contributed by atoms with Crippen LogP contribution in [0.1, 0.15) is 57.1 Å². The van der Waals surface area contributed by atoms with E-state index >= 15 is 0 Å². The predicted molar refractivity (Wildman–Crippen MR) is 389 cm³/mol. The molecule has 0 fully saturated rings. The van der Waals surface area contributed by atoms with Gasteiger partial charge in [-0.15, -0.1) is 13.2 Å². The number of nitrogens with zero attached hydrogens (tertiary/aromatic N) is 1. The zero-order valence-electron chi connectivity index (χ0n) is 52.0. The number of nitrogens with two attached hydrogens (primary N) is 2. The molecule has 5 heteroatoms. The number of nitrogens with one attached hydrogen (secondary N) is 2. The molecule has 1 atom stereocenters. The lowest BCUT2D eigenvalue weighted by molar-refractivity contribution is 0.725. The second-order valence-corrected chi connectivity index (χ2v) is 21.4. The normalized spacial score (nSPS) is 11.4. The summed E-state index contributed by atoms with van der Waals surface area (Å²) in [4.78, 5) is 4.42. The van der Waals surface area contributed by atoms with Crippen LogP contribution < -0.4 is 16.8 Å². The Labute approximate surface area is 535 Å². The summed E-state index contributed by atoms with van der Waals surface area (Å²) in [5, 5.41) is 11.3. The number of pyridine rings is 1. The minimum absolute atomic E-state index is 0.373. The number of anilines is 2. The Morgan fingerprint density at radius 1 is 0.511 bits per heavy atom. The predicted octanol–water partition coefficient (Wildman–Crippen LogP) is 21.3. The summed E-state index contributed by atoms with van der Waals surface area (Å²) in [6.07, 6.45) is 14.1. The van der Waals surface area contributed by atoms with Crippen LogP contribution in [0.4, 0.5) is 11.4 Å². The van der Waals surface area contributed by atoms with Crippen molar-refractivity contribution in [3.05, 3.63) is 417 Å². The van der Waals surface area contributed by atoms with Crippen molar-refractivity contribution in [2.45, 2.75) is 32.6 Å². The molecule has 1 heterocycles. The third-order valence-electron chi connectivity index (χ3n) is 14.7. The molecule has 1 aromatic heterocycles. The maximum Gasteiger partial charge on any atom is 0.0864 e. The van der Waals surface area contributed by atoms with E-state index in [-0.39, 0.29) is 5.41 Å². The molecule has 1 unspecified atom stereocenters. The molecule has 0 bridgehead atoms. The van der Waals surface area contributed by atoms with Gasteiger partial charge in [-0.2, -0.15) is 0 Å². The number of benzene rings is 10. The molecular formula is C85H81N5. The van der Waals surface area contributed by atoms with Gasteiger partial charge in [0.25, 0.3) is 0 Å². The van der Waals surface area contributed by atoms with E-state index in [0.29, 0.717) is 11.4 Å². The maximum atomic E-state index is 7.87. The van der Waals surface area contributed by atoms with Gasteiger partial charge in [-0.3, -0.25) is 4.98 Å². The molecule has 11 aromatic rings. The molecule has 0 aliphatic rings. The van der Waals surface area contributed by atoms with Gasteiger partial charge >= 0.3 is 0 Å². The van der Waals surface area contributed by atoms with Crippen molar-refractivity contribution in [3.63, 3.8) is 0 Å². The Bertz CT molecular complexity index is 4090. The van der Waals surface area contributed by atoms with Gasteiger partial charge in [0, 0.05) is 28.7 Å². The Morgan fingerprint density at radius 2 is 1.01 bits per heavy atom. The van der Waals surface area contributed by atoms with Crippen molar-refractivity contribution < 1.29 is 0 Å². The maximum absolute atomic E-state index is 7.87. The summed E-state index contributed by atoms with van der Waals surface area (Å²) >= 11 is 0. The van der Waals surface area contributed by atoms with Gasteiger partial charge in [0.05, 0.1) is 17.1 Å². The molecule has 0 aliphatic carbocycles. The van der Waals surface area contributed by atoms with Crippen LogP contribution in [0.15, 0.2) is 366 Å². The number of allylic oxidation sites excluding steroid dienone is 7. The lowest BCUT2D eigenvalue weighted by atomic mass is 9.73. The van der Waals surface area contributed by atoms with Crippen molar-refractivity contribution in [2.24, 2.45) is 5.73 Å². The largest absolute Gasteiger partial charge is 0.399 e. The molecule has 0 saturated carbocycles. The quantitative estimate of drug-likeness (QED) is 0.0316. The van der Waals surface area contributed by atoms with E-state index < -0.39 is 0 Å². The fourth-order valence-electron chi connectivity index (χ4n) is 10.1. The topological polar surface area (TPSA) is 101 Å². The van der Waals surface area contributed by atoms with Crippen LogP contribution in [0, 0.1) is 19.3 Å². The Kier molecular flexibility index (Phi) is 25.5. The van der Waals surface area contributed by atoms with Crippen LogP contribution in [0.2, 0.25) is 0 Å². The smallest absolute Gasteiger partial charge is 0.0864 e. The summed E-state index contributed by atoms with van der Waals surface area (Å²) < 4.78 is 0. The van der Waals surface area contributed by atoms with Crippen molar-refractivity contribution in [1.82, 2.24) is 4.98 Å². The lowest BCUT2D eigenvalue weighted by Crippen LogP contribution is -2.22. The molecular weight excluding hydrogens is 1090 g/mol. The highest BCUT2D eigenvalue weighted by Crippen LogP contribution is 2.39. The van der Waals surface area contributed by atoms with Crippen molar-refractivity contribution in [3.8, 4) is 33.4 Å². The standard InChI is InChI=1S/C33H31N.C25H23N3.C19H17N.C6H6.C2H4/c1-25-21-30(28-15-9-5-10-16-28)23-32(22-25)33(3,31-17-11-6-12-18-31)24-29(20-19-26(2)34)27-13-7-4-8-14-27;1-4-8-25(24-9-6-7-14-27-24)28-22-16-18(3)15-21(17-22)19-10-12-20(13-11-19)23(26)5-2;20-19-12-11-17(16-9-5-2-6-10-16)14-18(19)13-15-7-3-1-4-8-15;1-2-4-6-5-3-1;1-2/h4-24H,2,34H2,1,3H3;4-17,26,28H,1-2H2,3H3;1-12,14H,13,20H2;1-6H;1-2H2/b20-19-,29-24+;25-8-,26-23?;;;. The summed E-state index contributed by atoms with van der Waals surface area (Å²) in [7, 11) is 0. The van der Waals surface area contributed by atoms with Gasteiger partial charge in [0.2, 0.25) is 0 Å². The van der Waals surface area contributed by atoms with Crippen LogP contribution in [0.3, 0.4) is 0 Å². The van der Waals surface area contributed by atoms with Crippen molar-refractivity contribution >= 4 is 28.4 Å². The van der Waals surface area contributed by atoms with Gasteiger partial charge in [0.1, 0.15) is 0 Å². The van der Waals surface area contributed by atoms with E-state index in [9.17, 15) is 0 Å². The first kappa shape index (κ1) is 66.1. The second kappa shape index (κ2) is 34.7. The molecule has 0 aliphatic heterocycles. The average Bonchev–Trinajstić information content (AvgIpc) is 0.872. The number of hydrogen-bond acceptors (Lipinski definition) is 5. The van der Waals surface area contributed by atoms with Gasteiger partial charge < -0.3 is 22.2 Å². The van der Waals surface area contributed by atoms with Crippen LogP contribution in [-0.4, -0.2) is 10.7 Å². The third-order valence-corrected chi connectivity index (χ3v) is 14.7. The molecule has 11 rings (SSSR count). The van der Waals surface area contributed by atoms with E-state index in [0.717, 1.165) is 62.6 Å². The molecule has 0 spiro atoms. The molecule has 0 radical (unpaired) electrons. The second-order valence-electron chi connectivity index (χ2n) is 21.4. The van der Waals surface area contributed by atoms with E-state index in [1.54, 1.807) is 18.3 Å². The molecule has 6 N–H and O–H groups in total. The molecule has 0 saturated heterocycles. The summed E-state index contributed by atoms with van der Waals surface area (Å²) in [5.41, 5.74) is 33.7. The van der Waals surface area contributed by atoms with E-state index in [4.69, 9.17) is 16.9 Å². The van der Waals surface area contributed by atoms with E-state index in [2.05, 4.69) is 258 Å². The Morgan fingerprint density at radius 3 is 1.57 bits per heavy atom.